The number of hydrogen-bond acceptors (Lipinski definition) is 5. The summed E-state index contributed by atoms with van der Waals surface area (Å²) in [5.41, 5.74) is 2.29. The normalized spacial score (nSPS) is 15.9. The van der Waals surface area contributed by atoms with Crippen molar-refractivity contribution >= 4 is 5.78 Å². The first-order valence-corrected chi connectivity index (χ1v) is 2.93. The van der Waals surface area contributed by atoms with Gasteiger partial charge in [-0.3, -0.25) is 15.5 Å². The van der Waals surface area contributed by atoms with Crippen molar-refractivity contribution in [3.63, 3.8) is 0 Å². The summed E-state index contributed by atoms with van der Waals surface area (Å²) in [6.07, 6.45) is 2.63. The molecule has 0 heterocycles. The number of hydroxylamine groups is 1. The lowest BCUT2D eigenvalue weighted by molar-refractivity contribution is -0.112. The molecule has 58 valence electrons. The molecular formula is C6H6N2O3. The second-order valence-electron chi connectivity index (χ2n) is 2.04. The van der Waals surface area contributed by atoms with E-state index in [1.807, 2.05) is 0 Å². The molecule has 0 unspecified atom stereocenters. The van der Waals surface area contributed by atoms with Crippen molar-refractivity contribution in [2.24, 2.45) is 5.18 Å². The van der Waals surface area contributed by atoms with Gasteiger partial charge in [-0.25, -0.2) is 0 Å². The Balaban J connectivity index is 2.73. The molecule has 0 atom stereocenters. The fraction of sp³-hybridized carbons (Fsp3) is 0.167. The van der Waals surface area contributed by atoms with Crippen LogP contribution in [-0.2, 0) is 4.79 Å². The fourth-order valence-electron chi connectivity index (χ4n) is 0.798. The Kier molecular flexibility index (Phi) is 2.12. The first-order chi connectivity index (χ1) is 5.27. The molecule has 2 N–H and O–H groups in total. The Labute approximate surface area is 62.3 Å². The van der Waals surface area contributed by atoms with Crippen molar-refractivity contribution in [1.29, 1.82) is 0 Å². The van der Waals surface area contributed by atoms with E-state index in [4.69, 9.17) is 5.21 Å². The highest BCUT2D eigenvalue weighted by Crippen LogP contribution is 2.11. The summed E-state index contributed by atoms with van der Waals surface area (Å²) >= 11 is 0. The zero-order valence-corrected chi connectivity index (χ0v) is 5.57. The van der Waals surface area contributed by atoms with Crippen LogP contribution in [0.1, 0.15) is 0 Å². The molecule has 0 aromatic heterocycles. The van der Waals surface area contributed by atoms with Crippen LogP contribution in [0.3, 0.4) is 0 Å². The molecule has 0 radical (unpaired) electrons. The van der Waals surface area contributed by atoms with E-state index >= 15 is 0 Å². The van der Waals surface area contributed by atoms with Crippen molar-refractivity contribution in [2.45, 2.75) is 0 Å². The monoisotopic (exact) mass is 154 g/mol. The van der Waals surface area contributed by atoms with Crippen LogP contribution in [0.15, 0.2) is 28.6 Å². The Morgan fingerprint density at radius 3 is 2.73 bits per heavy atom. The molecule has 0 bridgehead atoms. The summed E-state index contributed by atoms with van der Waals surface area (Å²) in [6.45, 7) is -0.0447. The zero-order valence-electron chi connectivity index (χ0n) is 5.57. The van der Waals surface area contributed by atoms with Gasteiger partial charge in [0.25, 0.3) is 0 Å². The van der Waals surface area contributed by atoms with Crippen molar-refractivity contribution in [3.05, 3.63) is 28.3 Å². The Morgan fingerprint density at radius 2 is 2.27 bits per heavy atom. The minimum atomic E-state index is -0.342. The predicted molar refractivity (Wildman–Crippen MR) is 36.8 cm³/mol. The Hall–Kier alpha value is -1.49. The van der Waals surface area contributed by atoms with Gasteiger partial charge in [-0.2, -0.15) is 4.91 Å². The minimum absolute atomic E-state index is 0.0447. The average Bonchev–Trinajstić information content (AvgIpc) is 2.32. The molecule has 5 nitrogen and oxygen atoms in total. The molecular weight excluding hydrogens is 148 g/mol. The van der Waals surface area contributed by atoms with Gasteiger partial charge in [-0.1, -0.05) is 5.18 Å². The molecule has 11 heavy (non-hydrogen) atoms. The SMILES string of the molecule is O=NCC1=CC(=O)C(NO)=C1. The van der Waals surface area contributed by atoms with Crippen molar-refractivity contribution in [1.82, 2.24) is 5.48 Å². The molecule has 0 amide bonds. The third kappa shape index (κ3) is 1.50. The molecule has 0 saturated heterocycles. The van der Waals surface area contributed by atoms with Gasteiger partial charge in [0.1, 0.15) is 12.2 Å². The van der Waals surface area contributed by atoms with Crippen molar-refractivity contribution in [2.75, 3.05) is 6.54 Å². The van der Waals surface area contributed by atoms with Crippen LogP contribution < -0.4 is 5.48 Å². The largest absolute Gasteiger partial charge is 0.291 e. The maximum atomic E-state index is 10.8. The number of ketones is 1. The summed E-state index contributed by atoms with van der Waals surface area (Å²) in [5, 5.41) is 10.9. The van der Waals surface area contributed by atoms with Crippen molar-refractivity contribution in [3.8, 4) is 0 Å². The van der Waals surface area contributed by atoms with E-state index in [0.29, 0.717) is 5.57 Å². The standard InChI is InChI=1S/C6H6N2O3/c9-6-2-4(3-7-10)1-5(6)8-11/h1-2,11H,3H2,(H,8,9). The van der Waals surface area contributed by atoms with E-state index in [2.05, 4.69) is 5.18 Å². The van der Waals surface area contributed by atoms with E-state index in [-0.39, 0.29) is 18.0 Å². The molecule has 5 heteroatoms. The predicted octanol–water partition coefficient (Wildman–Crippen LogP) is 0.125. The van der Waals surface area contributed by atoms with Gasteiger partial charge in [-0.15, -0.1) is 0 Å². The van der Waals surface area contributed by atoms with E-state index in [9.17, 15) is 9.70 Å². The zero-order chi connectivity index (χ0) is 8.27. The minimum Gasteiger partial charge on any atom is -0.291 e. The summed E-state index contributed by atoms with van der Waals surface area (Å²) in [5.74, 6) is -0.342. The van der Waals surface area contributed by atoms with Crippen LogP contribution >= 0.6 is 0 Å². The summed E-state index contributed by atoms with van der Waals surface area (Å²) in [7, 11) is 0. The summed E-state index contributed by atoms with van der Waals surface area (Å²) in [6, 6.07) is 0. The van der Waals surface area contributed by atoms with Crippen LogP contribution in [0.2, 0.25) is 0 Å². The van der Waals surface area contributed by atoms with E-state index in [1.165, 1.54) is 12.2 Å². The lowest BCUT2D eigenvalue weighted by Crippen LogP contribution is -2.11. The molecule has 0 aromatic carbocycles. The third-order valence-corrected chi connectivity index (χ3v) is 1.28. The molecule has 0 aromatic rings. The van der Waals surface area contributed by atoms with Crippen LogP contribution in [-0.4, -0.2) is 17.5 Å². The second kappa shape index (κ2) is 3.07. The van der Waals surface area contributed by atoms with Gasteiger partial charge in [0.05, 0.1) is 0 Å². The molecule has 0 saturated carbocycles. The number of nitrogens with one attached hydrogen (secondary N) is 1. The van der Waals surface area contributed by atoms with Crippen LogP contribution in [0.25, 0.3) is 0 Å². The molecule has 1 rings (SSSR count). The average molecular weight is 154 g/mol. The molecule has 0 aliphatic heterocycles. The summed E-state index contributed by atoms with van der Waals surface area (Å²) < 4.78 is 0. The quantitative estimate of drug-likeness (QED) is 0.447. The highest BCUT2D eigenvalue weighted by Gasteiger charge is 2.14. The molecule has 0 fully saturated rings. The number of nitrogens with zero attached hydrogens (tertiary/aromatic N) is 1. The topological polar surface area (TPSA) is 78.8 Å². The maximum Gasteiger partial charge on any atom is 0.204 e. The van der Waals surface area contributed by atoms with Crippen LogP contribution in [0, 0.1) is 4.91 Å². The summed E-state index contributed by atoms with van der Waals surface area (Å²) in [4.78, 5) is 20.5. The van der Waals surface area contributed by atoms with E-state index in [0.717, 1.165) is 0 Å². The first-order valence-electron chi connectivity index (χ1n) is 2.93. The smallest absolute Gasteiger partial charge is 0.204 e. The number of nitroso groups, excluding NO2 is 1. The van der Waals surface area contributed by atoms with Gasteiger partial charge in [0.15, 0.2) is 0 Å². The third-order valence-electron chi connectivity index (χ3n) is 1.28. The molecule has 1 aliphatic carbocycles. The maximum absolute atomic E-state index is 10.8. The highest BCUT2D eigenvalue weighted by atomic mass is 16.5. The first kappa shape index (κ1) is 7.62. The second-order valence-corrected chi connectivity index (χ2v) is 2.04. The number of carbonyl (C=O) groups excluding carboxylic acids is 1. The number of rotatable bonds is 3. The lowest BCUT2D eigenvalue weighted by atomic mass is 10.3. The Morgan fingerprint density at radius 1 is 1.55 bits per heavy atom. The number of carbonyl (C=O) groups is 1. The van der Waals surface area contributed by atoms with Crippen LogP contribution in [0.4, 0.5) is 0 Å². The van der Waals surface area contributed by atoms with Gasteiger partial charge < -0.3 is 0 Å². The van der Waals surface area contributed by atoms with E-state index < -0.39 is 0 Å². The molecule has 0 spiro atoms. The van der Waals surface area contributed by atoms with Crippen LogP contribution in [0.5, 0.6) is 0 Å². The number of allylic oxidation sites excluding steroid dienone is 1. The van der Waals surface area contributed by atoms with Gasteiger partial charge >= 0.3 is 0 Å². The molecule has 1 aliphatic rings. The fourth-order valence-corrected chi connectivity index (χ4v) is 0.798. The van der Waals surface area contributed by atoms with Crippen molar-refractivity contribution < 1.29 is 10.0 Å². The lowest BCUT2D eigenvalue weighted by Gasteiger charge is -1.92. The Bertz CT molecular complexity index is 255. The van der Waals surface area contributed by atoms with Gasteiger partial charge in [-0.05, 0) is 17.7 Å². The van der Waals surface area contributed by atoms with E-state index in [1.54, 1.807) is 5.48 Å². The van der Waals surface area contributed by atoms with Gasteiger partial charge in [0, 0.05) is 0 Å². The number of hydrogen-bond donors (Lipinski definition) is 2. The van der Waals surface area contributed by atoms with Gasteiger partial charge in [0.2, 0.25) is 5.78 Å². The highest BCUT2D eigenvalue weighted by molar-refractivity contribution is 6.07.